The number of likely N-dealkylation sites (N-methyl/N-ethyl adjacent to an activating group) is 1. The van der Waals surface area contributed by atoms with Gasteiger partial charge in [0, 0.05) is 25.6 Å². The van der Waals surface area contributed by atoms with E-state index < -0.39 is 23.9 Å². The van der Waals surface area contributed by atoms with Gasteiger partial charge in [-0.25, -0.2) is 9.59 Å². The van der Waals surface area contributed by atoms with E-state index in [9.17, 15) is 14.4 Å². The zero-order valence-electron chi connectivity index (χ0n) is 12.3. The number of rotatable bonds is 10. The van der Waals surface area contributed by atoms with Gasteiger partial charge >= 0.3 is 12.0 Å². The van der Waals surface area contributed by atoms with E-state index in [2.05, 4.69) is 22.5 Å². The SMILES string of the molecule is CCN(CCNC(=O)N[C@H](CCC(N)=O)C(=O)O)C1CC1. The minimum atomic E-state index is -1.18. The monoisotopic (exact) mass is 300 g/mol. The minimum absolute atomic E-state index is 0.0127. The molecule has 0 aromatic carbocycles. The molecule has 120 valence electrons. The third-order valence-corrected chi connectivity index (χ3v) is 3.44. The normalized spacial score (nSPS) is 15.5. The predicted octanol–water partition coefficient (Wildman–Crippen LogP) is -0.511. The van der Waals surface area contributed by atoms with E-state index in [0.717, 1.165) is 13.1 Å². The van der Waals surface area contributed by atoms with Crippen LogP contribution in [0.25, 0.3) is 0 Å². The van der Waals surface area contributed by atoms with Gasteiger partial charge in [-0.15, -0.1) is 0 Å². The number of hydrogen-bond acceptors (Lipinski definition) is 4. The molecule has 1 atom stereocenters. The van der Waals surface area contributed by atoms with E-state index in [0.29, 0.717) is 12.6 Å². The van der Waals surface area contributed by atoms with E-state index in [-0.39, 0.29) is 12.8 Å². The molecule has 0 unspecified atom stereocenters. The number of amides is 3. The zero-order valence-corrected chi connectivity index (χ0v) is 12.3. The lowest BCUT2D eigenvalue weighted by molar-refractivity contribution is -0.139. The van der Waals surface area contributed by atoms with Crippen LogP contribution in [0.5, 0.6) is 0 Å². The summed E-state index contributed by atoms with van der Waals surface area (Å²) in [5.41, 5.74) is 4.97. The third-order valence-electron chi connectivity index (χ3n) is 3.44. The molecule has 0 aromatic rings. The Morgan fingerprint density at radius 1 is 1.38 bits per heavy atom. The first-order valence-corrected chi connectivity index (χ1v) is 7.23. The number of carbonyl (C=O) groups is 3. The maximum absolute atomic E-state index is 11.6. The van der Waals surface area contributed by atoms with Crippen LogP contribution in [0, 0.1) is 0 Å². The molecule has 0 radical (unpaired) electrons. The number of nitrogens with one attached hydrogen (secondary N) is 2. The van der Waals surface area contributed by atoms with Gasteiger partial charge in [0.05, 0.1) is 0 Å². The summed E-state index contributed by atoms with van der Waals surface area (Å²) in [5, 5.41) is 13.9. The maximum Gasteiger partial charge on any atom is 0.326 e. The van der Waals surface area contributed by atoms with Crippen LogP contribution in [0.1, 0.15) is 32.6 Å². The van der Waals surface area contributed by atoms with Gasteiger partial charge < -0.3 is 21.5 Å². The molecule has 5 N–H and O–H groups in total. The van der Waals surface area contributed by atoms with Gasteiger partial charge in [-0.3, -0.25) is 9.69 Å². The van der Waals surface area contributed by atoms with Crippen LogP contribution in [-0.2, 0) is 9.59 Å². The summed E-state index contributed by atoms with van der Waals surface area (Å²) in [6.07, 6.45) is 2.31. The van der Waals surface area contributed by atoms with Gasteiger partial charge in [0.25, 0.3) is 0 Å². The number of carboxylic acid groups (broad SMARTS) is 1. The van der Waals surface area contributed by atoms with Gasteiger partial charge in [0.15, 0.2) is 0 Å². The second kappa shape index (κ2) is 8.46. The summed E-state index contributed by atoms with van der Waals surface area (Å²) >= 11 is 0. The minimum Gasteiger partial charge on any atom is -0.480 e. The zero-order chi connectivity index (χ0) is 15.8. The topological polar surface area (TPSA) is 125 Å². The first-order valence-electron chi connectivity index (χ1n) is 7.23. The molecule has 0 saturated heterocycles. The Bertz CT molecular complexity index is 384. The number of hydrogen-bond donors (Lipinski definition) is 4. The van der Waals surface area contributed by atoms with E-state index in [1.54, 1.807) is 0 Å². The lowest BCUT2D eigenvalue weighted by Gasteiger charge is -2.20. The molecule has 8 nitrogen and oxygen atoms in total. The van der Waals surface area contributed by atoms with Crippen molar-refractivity contribution in [3.63, 3.8) is 0 Å². The summed E-state index contributed by atoms with van der Waals surface area (Å²) < 4.78 is 0. The predicted molar refractivity (Wildman–Crippen MR) is 76.7 cm³/mol. The largest absolute Gasteiger partial charge is 0.480 e. The fourth-order valence-electron chi connectivity index (χ4n) is 2.10. The average molecular weight is 300 g/mol. The molecular weight excluding hydrogens is 276 g/mol. The number of carbonyl (C=O) groups excluding carboxylic acids is 2. The maximum atomic E-state index is 11.6. The smallest absolute Gasteiger partial charge is 0.326 e. The van der Waals surface area contributed by atoms with Crippen molar-refractivity contribution in [1.29, 1.82) is 0 Å². The average Bonchev–Trinajstić information content (AvgIpc) is 3.23. The lowest BCUT2D eigenvalue weighted by Crippen LogP contribution is -2.48. The second-order valence-electron chi connectivity index (χ2n) is 5.16. The molecule has 0 bridgehead atoms. The highest BCUT2D eigenvalue weighted by Crippen LogP contribution is 2.25. The standard InChI is InChI=1S/C13H24N4O4/c1-2-17(9-3-4-9)8-7-15-13(21)16-10(12(19)20)5-6-11(14)18/h9-10H,2-8H2,1H3,(H2,14,18)(H,19,20)(H2,15,16,21)/t10-/m1/s1. The van der Waals surface area contributed by atoms with E-state index in [1.165, 1.54) is 12.8 Å². The fourth-order valence-corrected chi connectivity index (χ4v) is 2.10. The van der Waals surface area contributed by atoms with Crippen molar-refractivity contribution in [2.45, 2.75) is 44.7 Å². The molecule has 1 fully saturated rings. The molecule has 1 saturated carbocycles. The van der Waals surface area contributed by atoms with Crippen LogP contribution < -0.4 is 16.4 Å². The van der Waals surface area contributed by atoms with E-state index in [4.69, 9.17) is 10.8 Å². The van der Waals surface area contributed by atoms with E-state index >= 15 is 0 Å². The van der Waals surface area contributed by atoms with Gasteiger partial charge in [0.2, 0.25) is 5.91 Å². The summed E-state index contributed by atoms with van der Waals surface area (Å²) in [7, 11) is 0. The molecule has 21 heavy (non-hydrogen) atoms. The molecule has 3 amide bonds. The highest BCUT2D eigenvalue weighted by molar-refractivity contribution is 5.83. The highest BCUT2D eigenvalue weighted by Gasteiger charge is 2.27. The Balaban J connectivity index is 2.25. The fraction of sp³-hybridized carbons (Fsp3) is 0.769. The van der Waals surface area contributed by atoms with Crippen LogP contribution >= 0.6 is 0 Å². The van der Waals surface area contributed by atoms with Crippen molar-refractivity contribution in [1.82, 2.24) is 15.5 Å². The molecule has 0 aliphatic heterocycles. The van der Waals surface area contributed by atoms with Crippen LogP contribution in [0.3, 0.4) is 0 Å². The van der Waals surface area contributed by atoms with Crippen LogP contribution in [0.4, 0.5) is 4.79 Å². The Kier molecular flexibility index (Phi) is 6.93. The highest BCUT2D eigenvalue weighted by atomic mass is 16.4. The number of aliphatic carboxylic acids is 1. The van der Waals surface area contributed by atoms with Crippen molar-refractivity contribution in [3.8, 4) is 0 Å². The first-order chi connectivity index (χ1) is 9.93. The number of primary amides is 1. The van der Waals surface area contributed by atoms with Crippen LogP contribution in [-0.4, -0.2) is 59.6 Å². The molecule has 1 aliphatic carbocycles. The molecule has 8 heteroatoms. The van der Waals surface area contributed by atoms with Crippen LogP contribution in [0.2, 0.25) is 0 Å². The summed E-state index contributed by atoms with van der Waals surface area (Å²) in [4.78, 5) is 35.5. The van der Waals surface area contributed by atoms with Crippen molar-refractivity contribution in [2.24, 2.45) is 5.73 Å². The number of nitrogens with zero attached hydrogens (tertiary/aromatic N) is 1. The summed E-state index contributed by atoms with van der Waals surface area (Å²) in [5.74, 6) is -1.77. The first kappa shape index (κ1) is 17.2. The van der Waals surface area contributed by atoms with Gasteiger partial charge in [-0.1, -0.05) is 6.92 Å². The van der Waals surface area contributed by atoms with Gasteiger partial charge in [-0.05, 0) is 25.8 Å². The molecule has 0 spiro atoms. The molecule has 1 rings (SSSR count). The summed E-state index contributed by atoms with van der Waals surface area (Å²) in [6.45, 7) is 4.21. The van der Waals surface area contributed by atoms with Crippen molar-refractivity contribution < 1.29 is 19.5 Å². The van der Waals surface area contributed by atoms with Crippen molar-refractivity contribution in [3.05, 3.63) is 0 Å². The molecule has 1 aliphatic rings. The lowest BCUT2D eigenvalue weighted by atomic mass is 10.1. The van der Waals surface area contributed by atoms with Gasteiger partial charge in [0.1, 0.15) is 6.04 Å². The quantitative estimate of drug-likeness (QED) is 0.432. The van der Waals surface area contributed by atoms with Crippen molar-refractivity contribution in [2.75, 3.05) is 19.6 Å². The molecular formula is C13H24N4O4. The Morgan fingerprint density at radius 3 is 2.52 bits per heavy atom. The third kappa shape index (κ3) is 6.94. The molecule has 0 heterocycles. The molecule has 0 aromatic heterocycles. The van der Waals surface area contributed by atoms with Gasteiger partial charge in [-0.2, -0.15) is 0 Å². The Hall–Kier alpha value is -1.83. The number of carboxylic acids is 1. The second-order valence-corrected chi connectivity index (χ2v) is 5.16. The summed E-state index contributed by atoms with van der Waals surface area (Å²) in [6, 6.07) is -1.02. The van der Waals surface area contributed by atoms with Crippen LogP contribution in [0.15, 0.2) is 0 Å². The number of urea groups is 1. The van der Waals surface area contributed by atoms with Crippen molar-refractivity contribution >= 4 is 17.9 Å². The van der Waals surface area contributed by atoms with E-state index in [1.807, 2.05) is 0 Å². The Labute approximate surface area is 124 Å². The Morgan fingerprint density at radius 2 is 2.05 bits per heavy atom. The number of nitrogens with two attached hydrogens (primary N) is 1.